The molecule has 2 rings (SSSR count). The summed E-state index contributed by atoms with van der Waals surface area (Å²) in [5.74, 6) is 1.67. The number of methoxy groups -OCH3 is 1. The first kappa shape index (κ1) is 11.9. The van der Waals surface area contributed by atoms with Gasteiger partial charge in [0.1, 0.15) is 11.6 Å². The van der Waals surface area contributed by atoms with Gasteiger partial charge in [-0.05, 0) is 46.6 Å². The van der Waals surface area contributed by atoms with Gasteiger partial charge >= 0.3 is 0 Å². The van der Waals surface area contributed by atoms with Crippen LogP contribution in [0.1, 0.15) is 5.56 Å². The normalized spacial score (nSPS) is 10.1. The third-order valence-electron chi connectivity index (χ3n) is 2.38. The van der Waals surface area contributed by atoms with Crippen LogP contribution in [0, 0.1) is 6.92 Å². The number of hydrogen-bond acceptors (Lipinski definition) is 3. The SMILES string of the molecule is COc1cccc(Nc2ncc(Br)cc2C)c1. The summed E-state index contributed by atoms with van der Waals surface area (Å²) < 4.78 is 6.15. The Hall–Kier alpha value is -1.55. The predicted octanol–water partition coefficient (Wildman–Crippen LogP) is 3.90. The van der Waals surface area contributed by atoms with Crippen molar-refractivity contribution in [2.24, 2.45) is 0 Å². The van der Waals surface area contributed by atoms with Crippen LogP contribution in [0.25, 0.3) is 0 Å². The van der Waals surface area contributed by atoms with Crippen molar-refractivity contribution in [3.63, 3.8) is 0 Å². The highest BCUT2D eigenvalue weighted by Crippen LogP contribution is 2.23. The highest BCUT2D eigenvalue weighted by atomic mass is 79.9. The standard InChI is InChI=1S/C13H13BrN2O/c1-9-6-10(14)8-15-13(9)16-11-4-3-5-12(7-11)17-2/h3-8H,1-2H3,(H,15,16). The van der Waals surface area contributed by atoms with Gasteiger partial charge in [-0.1, -0.05) is 6.07 Å². The minimum atomic E-state index is 0.824. The Morgan fingerprint density at radius 2 is 2.12 bits per heavy atom. The van der Waals surface area contributed by atoms with Crippen LogP contribution in [0.2, 0.25) is 0 Å². The van der Waals surface area contributed by atoms with E-state index in [1.807, 2.05) is 37.3 Å². The van der Waals surface area contributed by atoms with Crippen LogP contribution in [-0.4, -0.2) is 12.1 Å². The molecule has 1 aromatic carbocycles. The minimum Gasteiger partial charge on any atom is -0.497 e. The fourth-order valence-corrected chi connectivity index (χ4v) is 1.95. The van der Waals surface area contributed by atoms with Gasteiger partial charge in [-0.25, -0.2) is 4.98 Å². The van der Waals surface area contributed by atoms with Gasteiger partial charge in [0.05, 0.1) is 7.11 Å². The molecule has 0 radical (unpaired) electrons. The van der Waals surface area contributed by atoms with Crippen molar-refractivity contribution < 1.29 is 4.74 Å². The van der Waals surface area contributed by atoms with E-state index in [4.69, 9.17) is 4.74 Å². The lowest BCUT2D eigenvalue weighted by atomic mass is 10.2. The van der Waals surface area contributed by atoms with Gasteiger partial charge in [-0.3, -0.25) is 0 Å². The van der Waals surface area contributed by atoms with E-state index in [0.29, 0.717) is 0 Å². The van der Waals surface area contributed by atoms with E-state index in [-0.39, 0.29) is 0 Å². The smallest absolute Gasteiger partial charge is 0.133 e. The molecular formula is C13H13BrN2O. The van der Waals surface area contributed by atoms with Crippen molar-refractivity contribution in [2.75, 3.05) is 12.4 Å². The Labute approximate surface area is 109 Å². The summed E-state index contributed by atoms with van der Waals surface area (Å²) in [5, 5.41) is 3.26. The monoisotopic (exact) mass is 292 g/mol. The number of aryl methyl sites for hydroxylation is 1. The number of anilines is 2. The van der Waals surface area contributed by atoms with Crippen molar-refractivity contribution in [3.8, 4) is 5.75 Å². The largest absolute Gasteiger partial charge is 0.497 e. The number of benzene rings is 1. The summed E-state index contributed by atoms with van der Waals surface area (Å²) in [6, 6.07) is 9.78. The number of aromatic nitrogens is 1. The first-order valence-electron chi connectivity index (χ1n) is 5.22. The lowest BCUT2D eigenvalue weighted by Gasteiger charge is -2.09. The van der Waals surface area contributed by atoms with Gasteiger partial charge in [-0.15, -0.1) is 0 Å². The van der Waals surface area contributed by atoms with Crippen LogP contribution in [0.5, 0.6) is 5.75 Å². The second kappa shape index (κ2) is 5.19. The van der Waals surface area contributed by atoms with Crippen LogP contribution in [0.4, 0.5) is 11.5 Å². The molecule has 2 aromatic rings. The van der Waals surface area contributed by atoms with Crippen LogP contribution in [0.3, 0.4) is 0 Å². The Bertz CT molecular complexity index is 529. The number of hydrogen-bond donors (Lipinski definition) is 1. The topological polar surface area (TPSA) is 34.1 Å². The molecule has 88 valence electrons. The van der Waals surface area contributed by atoms with Gasteiger partial charge < -0.3 is 10.1 Å². The van der Waals surface area contributed by atoms with Crippen LogP contribution >= 0.6 is 15.9 Å². The average molecular weight is 293 g/mol. The molecule has 0 saturated heterocycles. The number of nitrogens with one attached hydrogen (secondary N) is 1. The summed E-state index contributed by atoms with van der Waals surface area (Å²) in [7, 11) is 1.66. The van der Waals surface area contributed by atoms with E-state index >= 15 is 0 Å². The summed E-state index contributed by atoms with van der Waals surface area (Å²) in [6.45, 7) is 2.01. The van der Waals surface area contributed by atoms with Gasteiger partial charge in [0, 0.05) is 22.4 Å². The number of halogens is 1. The quantitative estimate of drug-likeness (QED) is 0.931. The molecule has 0 aliphatic heterocycles. The summed E-state index contributed by atoms with van der Waals surface area (Å²) in [6.07, 6.45) is 1.77. The van der Waals surface area contributed by atoms with Crippen molar-refractivity contribution in [3.05, 3.63) is 46.6 Å². The number of rotatable bonds is 3. The van der Waals surface area contributed by atoms with E-state index in [0.717, 1.165) is 27.3 Å². The van der Waals surface area contributed by atoms with Gasteiger partial charge in [0.2, 0.25) is 0 Å². The van der Waals surface area contributed by atoms with E-state index in [1.165, 1.54) is 0 Å². The van der Waals surface area contributed by atoms with Crippen molar-refractivity contribution in [2.45, 2.75) is 6.92 Å². The van der Waals surface area contributed by atoms with Crippen LogP contribution in [-0.2, 0) is 0 Å². The fourth-order valence-electron chi connectivity index (χ4n) is 1.51. The van der Waals surface area contributed by atoms with E-state index in [9.17, 15) is 0 Å². The zero-order valence-corrected chi connectivity index (χ0v) is 11.3. The molecule has 1 aromatic heterocycles. The molecule has 3 nitrogen and oxygen atoms in total. The van der Waals surface area contributed by atoms with Crippen molar-refractivity contribution >= 4 is 27.4 Å². The molecule has 1 N–H and O–H groups in total. The Morgan fingerprint density at radius 1 is 1.29 bits per heavy atom. The molecular weight excluding hydrogens is 280 g/mol. The molecule has 0 unspecified atom stereocenters. The molecule has 17 heavy (non-hydrogen) atoms. The average Bonchev–Trinajstić information content (AvgIpc) is 2.33. The lowest BCUT2D eigenvalue weighted by molar-refractivity contribution is 0.415. The Balaban J connectivity index is 2.25. The number of nitrogens with zero attached hydrogens (tertiary/aromatic N) is 1. The molecule has 0 aliphatic carbocycles. The molecule has 0 saturated carbocycles. The highest BCUT2D eigenvalue weighted by molar-refractivity contribution is 9.10. The second-order valence-corrected chi connectivity index (χ2v) is 4.59. The first-order chi connectivity index (χ1) is 8.19. The van der Waals surface area contributed by atoms with Gasteiger partial charge in [0.25, 0.3) is 0 Å². The molecule has 0 spiro atoms. The zero-order valence-electron chi connectivity index (χ0n) is 9.70. The maximum absolute atomic E-state index is 5.17. The van der Waals surface area contributed by atoms with Crippen molar-refractivity contribution in [1.82, 2.24) is 4.98 Å². The van der Waals surface area contributed by atoms with E-state index in [2.05, 4.69) is 26.2 Å². The van der Waals surface area contributed by atoms with E-state index in [1.54, 1.807) is 13.3 Å². The van der Waals surface area contributed by atoms with Gasteiger partial charge in [0.15, 0.2) is 0 Å². The van der Waals surface area contributed by atoms with Crippen LogP contribution < -0.4 is 10.1 Å². The van der Waals surface area contributed by atoms with Crippen LogP contribution in [0.15, 0.2) is 41.0 Å². The van der Waals surface area contributed by atoms with E-state index < -0.39 is 0 Å². The first-order valence-corrected chi connectivity index (χ1v) is 6.01. The molecule has 0 aliphatic rings. The molecule has 0 amide bonds. The Kier molecular flexibility index (Phi) is 3.64. The fraction of sp³-hybridized carbons (Fsp3) is 0.154. The third kappa shape index (κ3) is 2.97. The maximum atomic E-state index is 5.17. The molecule has 4 heteroatoms. The highest BCUT2D eigenvalue weighted by Gasteiger charge is 2.02. The lowest BCUT2D eigenvalue weighted by Crippen LogP contribution is -1.96. The number of pyridine rings is 1. The molecule has 1 heterocycles. The summed E-state index contributed by atoms with van der Waals surface area (Å²) in [4.78, 5) is 4.33. The minimum absolute atomic E-state index is 0.824. The van der Waals surface area contributed by atoms with Gasteiger partial charge in [-0.2, -0.15) is 0 Å². The molecule has 0 bridgehead atoms. The predicted molar refractivity (Wildman–Crippen MR) is 73.0 cm³/mol. The summed E-state index contributed by atoms with van der Waals surface area (Å²) >= 11 is 3.39. The van der Waals surface area contributed by atoms with Crippen molar-refractivity contribution in [1.29, 1.82) is 0 Å². The third-order valence-corrected chi connectivity index (χ3v) is 2.81. The molecule has 0 fully saturated rings. The summed E-state index contributed by atoms with van der Waals surface area (Å²) in [5.41, 5.74) is 2.05. The second-order valence-electron chi connectivity index (χ2n) is 3.68. The Morgan fingerprint density at radius 3 is 2.82 bits per heavy atom. The number of ether oxygens (including phenoxy) is 1. The maximum Gasteiger partial charge on any atom is 0.133 e. The molecule has 0 atom stereocenters. The zero-order chi connectivity index (χ0) is 12.3.